The lowest BCUT2D eigenvalue weighted by molar-refractivity contribution is 0.400. The number of nitrogens with zero attached hydrogens (tertiary/aromatic N) is 4. The molecular weight excluding hydrogens is 392 g/mol. The van der Waals surface area contributed by atoms with E-state index < -0.39 is 0 Å². The molecular formula is C25H19ClN4. The summed E-state index contributed by atoms with van der Waals surface area (Å²) in [6, 6.07) is 20.7. The second-order valence-electron chi connectivity index (χ2n) is 7.85. The van der Waals surface area contributed by atoms with Crippen LogP contribution in [0, 0.1) is 0 Å². The maximum absolute atomic E-state index is 6.53. The van der Waals surface area contributed by atoms with Crippen LogP contribution in [0.15, 0.2) is 73.1 Å². The summed E-state index contributed by atoms with van der Waals surface area (Å²) in [5.41, 5.74) is 5.78. The molecule has 0 aliphatic heterocycles. The van der Waals surface area contributed by atoms with E-state index in [9.17, 15) is 0 Å². The van der Waals surface area contributed by atoms with Gasteiger partial charge in [0.25, 0.3) is 0 Å². The van der Waals surface area contributed by atoms with Crippen molar-refractivity contribution >= 4 is 28.0 Å². The SMILES string of the molecule is Clc1nccn2c(C3CCC3)nc(-c3ccc4ccc(-c5ccccc5)nc4c3)c12. The van der Waals surface area contributed by atoms with Gasteiger partial charge in [0, 0.05) is 34.8 Å². The molecule has 0 N–H and O–H groups in total. The van der Waals surface area contributed by atoms with Gasteiger partial charge < -0.3 is 0 Å². The van der Waals surface area contributed by atoms with Crippen molar-refractivity contribution in [3.8, 4) is 22.5 Å². The number of halogens is 1. The standard InChI is InChI=1S/C25H19ClN4/c26-24-23-22(29-25(18-7-4-8-18)30(23)14-13-27-24)19-10-9-17-11-12-20(28-21(17)15-19)16-5-2-1-3-6-16/h1-3,5-6,9-15,18H,4,7-8H2. The first-order valence-corrected chi connectivity index (χ1v) is 10.6. The Labute approximate surface area is 179 Å². The Hall–Kier alpha value is -3.24. The van der Waals surface area contributed by atoms with Crippen LogP contribution in [0.4, 0.5) is 0 Å². The fraction of sp³-hybridized carbons (Fsp3) is 0.160. The van der Waals surface area contributed by atoms with Gasteiger partial charge in [0.2, 0.25) is 0 Å². The average Bonchev–Trinajstić information content (AvgIpc) is 3.13. The highest BCUT2D eigenvalue weighted by Gasteiger charge is 2.27. The summed E-state index contributed by atoms with van der Waals surface area (Å²) in [6.45, 7) is 0. The maximum atomic E-state index is 6.53. The second-order valence-corrected chi connectivity index (χ2v) is 8.21. The van der Waals surface area contributed by atoms with Crippen LogP contribution in [-0.4, -0.2) is 19.4 Å². The number of hydrogen-bond acceptors (Lipinski definition) is 3. The number of benzene rings is 2. The van der Waals surface area contributed by atoms with E-state index in [1.165, 1.54) is 19.3 Å². The van der Waals surface area contributed by atoms with Crippen molar-refractivity contribution in [3.63, 3.8) is 0 Å². The van der Waals surface area contributed by atoms with E-state index in [1.807, 2.05) is 24.4 Å². The topological polar surface area (TPSA) is 43.1 Å². The quantitative estimate of drug-likeness (QED) is 0.339. The molecule has 2 aromatic carbocycles. The average molecular weight is 411 g/mol. The molecule has 1 fully saturated rings. The molecule has 0 atom stereocenters. The molecule has 1 saturated carbocycles. The van der Waals surface area contributed by atoms with Crippen LogP contribution in [0.2, 0.25) is 5.15 Å². The zero-order valence-corrected chi connectivity index (χ0v) is 17.0. The summed E-state index contributed by atoms with van der Waals surface area (Å²) in [4.78, 5) is 14.3. The number of aromatic nitrogens is 4. The third-order valence-electron chi connectivity index (χ3n) is 6.04. The summed E-state index contributed by atoms with van der Waals surface area (Å²) in [7, 11) is 0. The third kappa shape index (κ3) is 2.79. The van der Waals surface area contributed by atoms with Crippen LogP contribution in [0.1, 0.15) is 31.0 Å². The molecule has 4 nitrogen and oxygen atoms in total. The van der Waals surface area contributed by atoms with Gasteiger partial charge in [-0.1, -0.05) is 66.6 Å². The first kappa shape index (κ1) is 17.6. The first-order valence-electron chi connectivity index (χ1n) is 10.3. The number of hydrogen-bond donors (Lipinski definition) is 0. The lowest BCUT2D eigenvalue weighted by Crippen LogP contribution is -2.12. The Kier molecular flexibility index (Phi) is 4.06. The van der Waals surface area contributed by atoms with Crippen LogP contribution < -0.4 is 0 Å². The zero-order valence-electron chi connectivity index (χ0n) is 16.3. The van der Waals surface area contributed by atoms with Crippen LogP contribution in [0.5, 0.6) is 0 Å². The minimum atomic E-state index is 0.483. The zero-order chi connectivity index (χ0) is 20.1. The van der Waals surface area contributed by atoms with Crippen molar-refractivity contribution in [1.82, 2.24) is 19.4 Å². The van der Waals surface area contributed by atoms with E-state index in [4.69, 9.17) is 21.6 Å². The second kappa shape index (κ2) is 6.92. The number of rotatable bonds is 3. The molecule has 5 heteroatoms. The molecule has 146 valence electrons. The lowest BCUT2D eigenvalue weighted by Gasteiger charge is -2.23. The minimum absolute atomic E-state index is 0.483. The van der Waals surface area contributed by atoms with Gasteiger partial charge in [-0.25, -0.2) is 15.0 Å². The molecule has 0 radical (unpaired) electrons. The smallest absolute Gasteiger partial charge is 0.155 e. The molecule has 5 aromatic rings. The van der Waals surface area contributed by atoms with E-state index in [0.717, 1.165) is 44.8 Å². The Morgan fingerprint density at radius 2 is 1.73 bits per heavy atom. The van der Waals surface area contributed by atoms with Crippen LogP contribution in [-0.2, 0) is 0 Å². The fourth-order valence-corrected chi connectivity index (χ4v) is 4.45. The van der Waals surface area contributed by atoms with E-state index in [1.54, 1.807) is 6.20 Å². The Bertz CT molecular complexity index is 1390. The van der Waals surface area contributed by atoms with Crippen molar-refractivity contribution < 1.29 is 0 Å². The fourth-order valence-electron chi connectivity index (χ4n) is 4.21. The number of fused-ring (bicyclic) bond motifs is 2. The summed E-state index contributed by atoms with van der Waals surface area (Å²) in [6.07, 6.45) is 7.33. The molecule has 3 aromatic heterocycles. The van der Waals surface area contributed by atoms with Gasteiger partial charge >= 0.3 is 0 Å². The number of imidazole rings is 1. The van der Waals surface area contributed by atoms with Crippen molar-refractivity contribution in [2.24, 2.45) is 0 Å². The highest BCUT2D eigenvalue weighted by Crippen LogP contribution is 2.39. The largest absolute Gasteiger partial charge is 0.299 e. The maximum Gasteiger partial charge on any atom is 0.155 e. The van der Waals surface area contributed by atoms with Gasteiger partial charge in [-0.2, -0.15) is 0 Å². The normalized spacial score (nSPS) is 14.3. The lowest BCUT2D eigenvalue weighted by atomic mass is 9.85. The molecule has 30 heavy (non-hydrogen) atoms. The van der Waals surface area contributed by atoms with Gasteiger partial charge in [0.05, 0.1) is 16.9 Å². The van der Waals surface area contributed by atoms with E-state index >= 15 is 0 Å². The van der Waals surface area contributed by atoms with Crippen molar-refractivity contribution in [2.45, 2.75) is 25.2 Å². The van der Waals surface area contributed by atoms with Gasteiger partial charge in [0.1, 0.15) is 11.3 Å². The van der Waals surface area contributed by atoms with E-state index in [0.29, 0.717) is 11.1 Å². The molecule has 3 heterocycles. The Morgan fingerprint density at radius 3 is 2.53 bits per heavy atom. The highest BCUT2D eigenvalue weighted by molar-refractivity contribution is 6.33. The molecule has 1 aliphatic carbocycles. The van der Waals surface area contributed by atoms with Gasteiger partial charge in [0.15, 0.2) is 5.15 Å². The number of pyridine rings is 1. The van der Waals surface area contributed by atoms with E-state index in [2.05, 4.69) is 51.8 Å². The minimum Gasteiger partial charge on any atom is -0.299 e. The molecule has 1 aliphatic rings. The molecule has 0 saturated heterocycles. The first-order chi connectivity index (χ1) is 14.8. The Morgan fingerprint density at radius 1 is 0.900 bits per heavy atom. The summed E-state index contributed by atoms with van der Waals surface area (Å²) < 4.78 is 2.12. The molecule has 0 spiro atoms. The van der Waals surface area contributed by atoms with Crippen molar-refractivity contribution in [2.75, 3.05) is 0 Å². The Balaban J connectivity index is 1.53. The highest BCUT2D eigenvalue weighted by atomic mass is 35.5. The molecule has 6 rings (SSSR count). The predicted octanol–water partition coefficient (Wildman–Crippen LogP) is 6.53. The van der Waals surface area contributed by atoms with Crippen LogP contribution >= 0.6 is 11.6 Å². The predicted molar refractivity (Wildman–Crippen MR) is 121 cm³/mol. The van der Waals surface area contributed by atoms with Gasteiger partial charge in [-0.05, 0) is 25.0 Å². The van der Waals surface area contributed by atoms with E-state index in [-0.39, 0.29) is 0 Å². The van der Waals surface area contributed by atoms with Crippen LogP contribution in [0.25, 0.3) is 38.9 Å². The molecule has 0 unspecified atom stereocenters. The summed E-state index contributed by atoms with van der Waals surface area (Å²) in [5.74, 6) is 1.58. The summed E-state index contributed by atoms with van der Waals surface area (Å²) >= 11 is 6.53. The molecule has 0 bridgehead atoms. The summed E-state index contributed by atoms with van der Waals surface area (Å²) in [5, 5.41) is 1.59. The van der Waals surface area contributed by atoms with Crippen molar-refractivity contribution in [3.05, 3.63) is 84.0 Å². The monoisotopic (exact) mass is 410 g/mol. The van der Waals surface area contributed by atoms with Gasteiger partial charge in [-0.3, -0.25) is 4.40 Å². The van der Waals surface area contributed by atoms with Crippen molar-refractivity contribution in [1.29, 1.82) is 0 Å². The van der Waals surface area contributed by atoms with Gasteiger partial charge in [-0.15, -0.1) is 0 Å². The third-order valence-corrected chi connectivity index (χ3v) is 6.32. The molecule has 0 amide bonds. The van der Waals surface area contributed by atoms with Crippen LogP contribution in [0.3, 0.4) is 0 Å².